The van der Waals surface area contributed by atoms with Gasteiger partial charge in [-0.05, 0) is 12.1 Å². The molecule has 0 radical (unpaired) electrons. The first-order chi connectivity index (χ1) is 28.4. The highest BCUT2D eigenvalue weighted by Crippen LogP contribution is 2.61. The zero-order valence-corrected chi connectivity index (χ0v) is 35.8. The maximum Gasteiger partial charge on any atom is 0.481 e. The molecule has 0 bridgehead atoms. The fraction of sp³-hybridized carbons (Fsp3) is 0.533. The van der Waals surface area contributed by atoms with E-state index >= 15 is 0 Å². The topological polar surface area (TPSA) is 416 Å². The minimum atomic E-state index is -5.54. The number of para-hydroxylation sites is 1. The fourth-order valence-electron chi connectivity index (χ4n) is 4.99. The molecule has 27 nitrogen and oxygen atoms in total. The average molecular weight is 949 g/mol. The highest BCUT2D eigenvalue weighted by Gasteiger charge is 2.50. The molecule has 0 spiro atoms. The number of anilines is 2. The predicted molar refractivity (Wildman–Crippen MR) is 212 cm³/mol. The smallest absolute Gasteiger partial charge is 0.479 e. The first-order valence-corrected chi connectivity index (χ1v) is 22.7. The average Bonchev–Trinajstić information content (AvgIpc) is 3.74. The Kier molecular flexibility index (Phi) is 19.2. The van der Waals surface area contributed by atoms with Crippen LogP contribution in [-0.4, -0.2) is 146 Å². The SMILES string of the molecule is CC(C)(COP(=O)(O)OP(=O)(O)OC[C@H]1O[C@@H](n2cnc3c(N)ncnc32)[C@H](O)[C@@H]1OP(=O)(O)O)[C@@H](O)C(=O)NCCC(=O)NCCS.O=C(O)C(O)CNc1ccccc1. The second-order valence-electron chi connectivity index (χ2n) is 13.4. The number of phosphoric ester groups is 3. The number of carbonyl (C=O) groups excluding carboxylic acids is 2. The van der Waals surface area contributed by atoms with Crippen LogP contribution in [0.3, 0.4) is 0 Å². The maximum absolute atomic E-state index is 12.6. The van der Waals surface area contributed by atoms with Gasteiger partial charge in [-0.1, -0.05) is 32.0 Å². The monoisotopic (exact) mass is 948 g/mol. The van der Waals surface area contributed by atoms with Crippen LogP contribution in [0.1, 0.15) is 26.5 Å². The van der Waals surface area contributed by atoms with Crippen molar-refractivity contribution in [2.75, 3.05) is 49.7 Å². The van der Waals surface area contributed by atoms with E-state index in [1.165, 1.54) is 13.8 Å². The molecule has 8 atom stereocenters. The van der Waals surface area contributed by atoms with Crippen LogP contribution in [0.15, 0.2) is 43.0 Å². The summed E-state index contributed by atoms with van der Waals surface area (Å²) < 4.78 is 61.7. The van der Waals surface area contributed by atoms with Crippen LogP contribution < -0.4 is 21.7 Å². The summed E-state index contributed by atoms with van der Waals surface area (Å²) in [5.41, 5.74) is 5.09. The van der Waals surface area contributed by atoms with Crippen molar-refractivity contribution in [1.29, 1.82) is 0 Å². The Balaban J connectivity index is 0.000000648. The van der Waals surface area contributed by atoms with Crippen LogP contribution in [0.25, 0.3) is 11.2 Å². The number of aromatic nitrogens is 4. The van der Waals surface area contributed by atoms with Gasteiger partial charge in [0.25, 0.3) is 0 Å². The van der Waals surface area contributed by atoms with E-state index in [1.807, 2.05) is 18.2 Å². The molecule has 3 unspecified atom stereocenters. The van der Waals surface area contributed by atoms with Crippen molar-refractivity contribution in [3.05, 3.63) is 43.0 Å². The van der Waals surface area contributed by atoms with E-state index in [9.17, 15) is 57.9 Å². The summed E-state index contributed by atoms with van der Waals surface area (Å²) in [5.74, 6) is -2.16. The van der Waals surface area contributed by atoms with Crippen molar-refractivity contribution in [3.63, 3.8) is 0 Å². The number of fused-ring (bicyclic) bond motifs is 1. The van der Waals surface area contributed by atoms with Crippen LogP contribution in [0.5, 0.6) is 0 Å². The lowest BCUT2D eigenvalue weighted by Gasteiger charge is -2.30. The predicted octanol–water partition coefficient (Wildman–Crippen LogP) is -1.12. The largest absolute Gasteiger partial charge is 0.481 e. The minimum absolute atomic E-state index is 0.0132. The zero-order valence-electron chi connectivity index (χ0n) is 32.2. The summed E-state index contributed by atoms with van der Waals surface area (Å²) in [7, 11) is -16.3. The molecule has 1 fully saturated rings. The number of imidazole rings is 1. The van der Waals surface area contributed by atoms with Gasteiger partial charge in [0.2, 0.25) is 11.8 Å². The van der Waals surface area contributed by atoms with E-state index in [0.717, 1.165) is 22.9 Å². The molecule has 4 rings (SSSR count). The number of carboxylic acid groups (broad SMARTS) is 1. The van der Waals surface area contributed by atoms with Gasteiger partial charge in [-0.3, -0.25) is 27.7 Å². The van der Waals surface area contributed by atoms with E-state index in [-0.39, 0.29) is 42.4 Å². The van der Waals surface area contributed by atoms with Crippen molar-refractivity contribution in [2.45, 2.75) is 57.0 Å². The number of aliphatic hydroxyl groups is 3. The van der Waals surface area contributed by atoms with E-state index in [2.05, 4.69) is 52.4 Å². The normalized spacial score (nSPS) is 21.0. The third kappa shape index (κ3) is 16.5. The maximum atomic E-state index is 12.6. The molecule has 1 aromatic carbocycles. The lowest BCUT2D eigenvalue weighted by Crippen LogP contribution is -2.46. The summed E-state index contributed by atoms with van der Waals surface area (Å²) in [4.78, 5) is 84.8. The number of nitrogen functional groups attached to an aromatic ring is 1. The number of benzene rings is 1. The fourth-order valence-corrected chi connectivity index (χ4v) is 7.93. The molecule has 3 heterocycles. The number of hydrogen-bond acceptors (Lipinski definition) is 20. The number of nitrogens with one attached hydrogen (secondary N) is 3. The molecule has 13 N–H and O–H groups in total. The highest BCUT2D eigenvalue weighted by atomic mass is 32.1. The van der Waals surface area contributed by atoms with Crippen molar-refractivity contribution >= 4 is 76.5 Å². The Hall–Kier alpha value is -3.66. The Bertz CT molecular complexity index is 2080. The highest BCUT2D eigenvalue weighted by molar-refractivity contribution is 7.80. The van der Waals surface area contributed by atoms with Gasteiger partial charge < -0.3 is 66.4 Å². The van der Waals surface area contributed by atoms with Crippen LogP contribution in [0.4, 0.5) is 11.5 Å². The number of nitrogens with zero attached hydrogens (tertiary/aromatic N) is 4. The number of aliphatic carboxylic acids is 1. The number of carboxylic acids is 1. The van der Waals surface area contributed by atoms with E-state index < -0.39 is 90.7 Å². The van der Waals surface area contributed by atoms with Gasteiger partial charge in [-0.2, -0.15) is 16.9 Å². The number of phosphoric acid groups is 3. The van der Waals surface area contributed by atoms with Gasteiger partial charge in [-0.15, -0.1) is 0 Å². The van der Waals surface area contributed by atoms with Gasteiger partial charge >= 0.3 is 29.4 Å². The van der Waals surface area contributed by atoms with Crippen LogP contribution in [-0.2, 0) is 50.7 Å². The van der Waals surface area contributed by atoms with Gasteiger partial charge in [0.05, 0.1) is 26.1 Å². The number of carbonyl (C=O) groups is 3. The van der Waals surface area contributed by atoms with Crippen molar-refractivity contribution in [2.24, 2.45) is 5.41 Å². The number of thiol groups is 1. The molecule has 1 aliphatic heterocycles. The Morgan fingerprint density at radius 2 is 1.66 bits per heavy atom. The van der Waals surface area contributed by atoms with Crippen LogP contribution in [0.2, 0.25) is 0 Å². The molecular formula is C30H47N8O19P3S. The van der Waals surface area contributed by atoms with Gasteiger partial charge in [0.15, 0.2) is 23.8 Å². The molecule has 0 saturated carbocycles. The molecule has 2 amide bonds. The van der Waals surface area contributed by atoms with E-state index in [4.69, 9.17) is 29.7 Å². The molecule has 1 saturated heterocycles. The third-order valence-electron chi connectivity index (χ3n) is 8.07. The number of amides is 2. The summed E-state index contributed by atoms with van der Waals surface area (Å²) in [6.45, 7) is 0.737. The Morgan fingerprint density at radius 3 is 2.28 bits per heavy atom. The quantitative estimate of drug-likeness (QED) is 0.0419. The van der Waals surface area contributed by atoms with Crippen molar-refractivity contribution in [3.8, 4) is 0 Å². The molecular weight excluding hydrogens is 901 g/mol. The molecule has 342 valence electrons. The number of ether oxygens (including phenoxy) is 1. The van der Waals surface area contributed by atoms with Gasteiger partial charge in [-0.25, -0.2) is 33.4 Å². The molecule has 3 aromatic rings. The second-order valence-corrected chi connectivity index (χ2v) is 18.1. The van der Waals surface area contributed by atoms with Crippen LogP contribution in [0, 0.1) is 5.41 Å². The molecule has 0 aliphatic carbocycles. The molecule has 31 heteroatoms. The first kappa shape index (κ1) is 51.7. The zero-order chi connectivity index (χ0) is 45.8. The summed E-state index contributed by atoms with van der Waals surface area (Å²) in [5, 5.41) is 46.2. The van der Waals surface area contributed by atoms with Gasteiger partial charge in [0, 0.05) is 36.4 Å². The Morgan fingerprint density at radius 1 is 1.00 bits per heavy atom. The number of rotatable bonds is 22. The first-order valence-electron chi connectivity index (χ1n) is 17.6. The Labute approximate surface area is 351 Å². The molecule has 1 aliphatic rings. The van der Waals surface area contributed by atoms with Gasteiger partial charge in [0.1, 0.15) is 36.3 Å². The van der Waals surface area contributed by atoms with E-state index in [0.29, 0.717) is 12.3 Å². The van der Waals surface area contributed by atoms with Crippen molar-refractivity contribution < 1.29 is 90.7 Å². The van der Waals surface area contributed by atoms with Crippen LogP contribution >= 0.6 is 36.1 Å². The summed E-state index contributed by atoms with van der Waals surface area (Å²) in [6.07, 6.45) is -8.10. The lowest BCUT2D eigenvalue weighted by atomic mass is 9.87. The lowest BCUT2D eigenvalue weighted by molar-refractivity contribution is -0.145. The number of aliphatic hydroxyl groups excluding tert-OH is 3. The molecule has 61 heavy (non-hydrogen) atoms. The van der Waals surface area contributed by atoms with E-state index in [1.54, 1.807) is 12.1 Å². The van der Waals surface area contributed by atoms with Crippen molar-refractivity contribution in [1.82, 2.24) is 30.2 Å². The number of nitrogens with two attached hydrogens (primary N) is 1. The number of hydrogen-bond donors (Lipinski definition) is 13. The summed E-state index contributed by atoms with van der Waals surface area (Å²) in [6, 6.07) is 9.12. The third-order valence-corrected chi connectivity index (χ3v) is 11.4. The molecule has 2 aromatic heterocycles. The second kappa shape index (κ2) is 22.6. The minimum Gasteiger partial charge on any atom is -0.479 e. The summed E-state index contributed by atoms with van der Waals surface area (Å²) >= 11 is 3.95. The standard InChI is InChI=1S/C21H36N7O16P3S.C9H11NO3/c1-21(2,16(31)19(32)24-4-3-12(29)23-5-6-48)8-41-47(38,39)44-46(36,37)40-7-11-15(43-45(33,34)35)14(30)20(42-11)28-10-27-13-17(22)25-9-26-18(13)28;11-8(9(12)13)6-10-7-4-2-1-3-5-7/h9-11,14-16,20,30-31,48H,3-8H2,1-2H3,(H,23,29)(H,24,32)(H,36,37)(H,38,39)(H2,22,25,26)(H2,33,34,35);1-5,8,10-11H,6H2,(H,12,13)/t11-,14-,15-,16+,20-;/m1./s1.